The highest BCUT2D eigenvalue weighted by Gasteiger charge is 2.33. The molecule has 1 saturated carbocycles. The molecule has 3 aromatic heterocycles. The molecular weight excluding hydrogens is 418 g/mol. The fourth-order valence-corrected chi connectivity index (χ4v) is 4.56. The van der Waals surface area contributed by atoms with Crippen LogP contribution in [0.1, 0.15) is 48.7 Å². The van der Waals surface area contributed by atoms with Crippen LogP contribution in [0.25, 0.3) is 11.3 Å². The number of pyridine rings is 1. The topological polar surface area (TPSA) is 107 Å². The minimum Gasteiger partial charge on any atom is -0.339 e. The van der Waals surface area contributed by atoms with Crippen LogP contribution in [-0.2, 0) is 18.9 Å². The number of anilines is 1. The van der Waals surface area contributed by atoms with Crippen molar-refractivity contribution in [3.8, 4) is 11.3 Å². The molecule has 3 aromatic rings. The third kappa shape index (κ3) is 4.97. The summed E-state index contributed by atoms with van der Waals surface area (Å²) in [5, 5.41) is 14.2. The molecule has 4 rings (SSSR count). The van der Waals surface area contributed by atoms with Gasteiger partial charge in [0.1, 0.15) is 17.6 Å². The van der Waals surface area contributed by atoms with Crippen LogP contribution >= 0.6 is 0 Å². The SMILES string of the molecule is Cc1cc(NC(=O)[C@@H](NC(=O)c2ccnn2C)[C@H]2CC[C@H](C)CC2)ncc1-c1ccnn1C. The summed E-state index contributed by atoms with van der Waals surface area (Å²) in [6.07, 6.45) is 8.95. The van der Waals surface area contributed by atoms with E-state index in [4.69, 9.17) is 0 Å². The summed E-state index contributed by atoms with van der Waals surface area (Å²) in [7, 11) is 3.59. The predicted octanol–water partition coefficient (Wildman–Crippen LogP) is 3.09. The lowest BCUT2D eigenvalue weighted by Gasteiger charge is -2.32. The highest BCUT2D eigenvalue weighted by atomic mass is 16.2. The number of rotatable bonds is 6. The zero-order valence-corrected chi connectivity index (χ0v) is 19.6. The molecule has 0 saturated heterocycles. The molecule has 0 unspecified atom stereocenters. The third-order valence-electron chi connectivity index (χ3n) is 6.61. The van der Waals surface area contributed by atoms with Gasteiger partial charge in [-0.3, -0.25) is 19.0 Å². The van der Waals surface area contributed by atoms with Crippen molar-refractivity contribution in [3.63, 3.8) is 0 Å². The fraction of sp³-hybridized carbons (Fsp3) is 0.458. The van der Waals surface area contributed by atoms with Gasteiger partial charge in [0.05, 0.1) is 5.69 Å². The normalized spacial score (nSPS) is 19.2. The van der Waals surface area contributed by atoms with E-state index in [1.165, 1.54) is 4.68 Å². The van der Waals surface area contributed by atoms with Crippen LogP contribution in [0.3, 0.4) is 0 Å². The Morgan fingerprint density at radius 2 is 1.76 bits per heavy atom. The first-order valence-electron chi connectivity index (χ1n) is 11.4. The Labute approximate surface area is 193 Å². The first-order valence-corrected chi connectivity index (χ1v) is 11.4. The van der Waals surface area contributed by atoms with Gasteiger partial charge in [-0.1, -0.05) is 19.8 Å². The Morgan fingerprint density at radius 1 is 1.06 bits per heavy atom. The molecule has 1 aliphatic carbocycles. The summed E-state index contributed by atoms with van der Waals surface area (Å²) in [4.78, 5) is 30.7. The number of amides is 2. The van der Waals surface area contributed by atoms with E-state index in [-0.39, 0.29) is 17.7 Å². The van der Waals surface area contributed by atoms with Crippen molar-refractivity contribution in [1.29, 1.82) is 0 Å². The third-order valence-corrected chi connectivity index (χ3v) is 6.61. The monoisotopic (exact) mass is 449 g/mol. The summed E-state index contributed by atoms with van der Waals surface area (Å²) < 4.78 is 3.30. The second kappa shape index (κ2) is 9.56. The molecule has 0 radical (unpaired) electrons. The van der Waals surface area contributed by atoms with Crippen LogP contribution in [0, 0.1) is 18.8 Å². The van der Waals surface area contributed by atoms with E-state index in [1.54, 1.807) is 36.4 Å². The van der Waals surface area contributed by atoms with Crippen molar-refractivity contribution in [2.45, 2.75) is 45.6 Å². The van der Waals surface area contributed by atoms with E-state index in [0.717, 1.165) is 42.5 Å². The van der Waals surface area contributed by atoms with Gasteiger partial charge in [-0.2, -0.15) is 10.2 Å². The highest BCUT2D eigenvalue weighted by Crippen LogP contribution is 2.31. The molecule has 0 aliphatic heterocycles. The van der Waals surface area contributed by atoms with Crippen molar-refractivity contribution in [1.82, 2.24) is 29.9 Å². The van der Waals surface area contributed by atoms with Gasteiger partial charge in [0, 0.05) is 38.2 Å². The highest BCUT2D eigenvalue weighted by molar-refractivity contribution is 6.00. The zero-order chi connectivity index (χ0) is 23.5. The van der Waals surface area contributed by atoms with Crippen molar-refractivity contribution in [2.75, 3.05) is 5.32 Å². The Balaban J connectivity index is 1.53. The predicted molar refractivity (Wildman–Crippen MR) is 125 cm³/mol. The molecule has 174 valence electrons. The maximum Gasteiger partial charge on any atom is 0.270 e. The van der Waals surface area contributed by atoms with Crippen molar-refractivity contribution < 1.29 is 9.59 Å². The van der Waals surface area contributed by atoms with Gasteiger partial charge >= 0.3 is 0 Å². The average Bonchev–Trinajstić information content (AvgIpc) is 3.41. The number of aryl methyl sites for hydroxylation is 3. The smallest absolute Gasteiger partial charge is 0.270 e. The number of nitrogens with zero attached hydrogens (tertiary/aromatic N) is 5. The summed E-state index contributed by atoms with van der Waals surface area (Å²) in [6.45, 7) is 4.21. The van der Waals surface area contributed by atoms with Crippen molar-refractivity contribution >= 4 is 17.6 Å². The van der Waals surface area contributed by atoms with Crippen LogP contribution in [-0.4, -0.2) is 42.4 Å². The van der Waals surface area contributed by atoms with Crippen LogP contribution in [0.4, 0.5) is 5.82 Å². The molecule has 9 nitrogen and oxygen atoms in total. The number of carbonyl (C=O) groups excluding carboxylic acids is 2. The van der Waals surface area contributed by atoms with Gasteiger partial charge in [0.15, 0.2) is 0 Å². The quantitative estimate of drug-likeness (QED) is 0.601. The molecule has 3 heterocycles. The number of nitrogens with one attached hydrogen (secondary N) is 2. The Hall–Kier alpha value is -3.49. The van der Waals surface area contributed by atoms with Gasteiger partial charge < -0.3 is 10.6 Å². The zero-order valence-electron chi connectivity index (χ0n) is 19.6. The van der Waals surface area contributed by atoms with E-state index in [1.807, 2.05) is 26.1 Å². The molecule has 1 fully saturated rings. The molecule has 1 atom stereocenters. The minimum absolute atomic E-state index is 0.0770. The van der Waals surface area contributed by atoms with E-state index < -0.39 is 6.04 Å². The van der Waals surface area contributed by atoms with Crippen molar-refractivity contribution in [2.24, 2.45) is 25.9 Å². The molecule has 33 heavy (non-hydrogen) atoms. The van der Waals surface area contributed by atoms with Gasteiger partial charge in [0.25, 0.3) is 5.91 Å². The van der Waals surface area contributed by atoms with Crippen LogP contribution < -0.4 is 10.6 Å². The Bertz CT molecular complexity index is 1140. The molecule has 1 aliphatic rings. The lowest BCUT2D eigenvalue weighted by atomic mass is 9.79. The van der Waals surface area contributed by atoms with Gasteiger partial charge in [-0.05, 0) is 55.4 Å². The van der Waals surface area contributed by atoms with Gasteiger partial charge in [-0.15, -0.1) is 0 Å². The first-order chi connectivity index (χ1) is 15.8. The number of aromatic nitrogens is 5. The fourth-order valence-electron chi connectivity index (χ4n) is 4.56. The van der Waals surface area contributed by atoms with E-state index >= 15 is 0 Å². The lowest BCUT2D eigenvalue weighted by Crippen LogP contribution is -2.49. The van der Waals surface area contributed by atoms with Gasteiger partial charge in [-0.25, -0.2) is 4.98 Å². The van der Waals surface area contributed by atoms with Crippen LogP contribution in [0.15, 0.2) is 36.8 Å². The maximum atomic E-state index is 13.4. The van der Waals surface area contributed by atoms with Crippen LogP contribution in [0.2, 0.25) is 0 Å². The molecular formula is C24H31N7O2. The second-order valence-corrected chi connectivity index (χ2v) is 9.02. The Kier molecular flexibility index (Phi) is 6.57. The maximum absolute atomic E-state index is 13.4. The van der Waals surface area contributed by atoms with E-state index in [9.17, 15) is 9.59 Å². The van der Waals surface area contributed by atoms with Crippen molar-refractivity contribution in [3.05, 3.63) is 48.0 Å². The molecule has 0 aromatic carbocycles. The van der Waals surface area contributed by atoms with E-state index in [2.05, 4.69) is 32.7 Å². The van der Waals surface area contributed by atoms with Crippen LogP contribution in [0.5, 0.6) is 0 Å². The summed E-state index contributed by atoms with van der Waals surface area (Å²) in [5.74, 6) is 0.636. The summed E-state index contributed by atoms with van der Waals surface area (Å²) >= 11 is 0. The average molecular weight is 450 g/mol. The number of carbonyl (C=O) groups is 2. The van der Waals surface area contributed by atoms with E-state index in [0.29, 0.717) is 17.4 Å². The summed E-state index contributed by atoms with van der Waals surface area (Å²) in [6, 6.07) is 4.79. The summed E-state index contributed by atoms with van der Waals surface area (Å²) in [5.41, 5.74) is 3.31. The van der Waals surface area contributed by atoms with Gasteiger partial charge in [0.2, 0.25) is 5.91 Å². The standard InChI is InChI=1S/C24H31N7O2/c1-15-5-7-17(8-6-15)22(29-23(32)20-10-12-27-31(20)4)24(33)28-21-13-16(2)18(14-25-21)19-9-11-26-30(19)3/h9-15,17,22H,5-8H2,1-4H3,(H,29,32)(H,25,28,33)/t15-,17-,22-/m0/s1. The minimum atomic E-state index is -0.640. The first kappa shape index (κ1) is 22.7. The molecule has 2 amide bonds. The molecule has 9 heteroatoms. The molecule has 0 bridgehead atoms. The molecule has 0 spiro atoms. The number of hydrogen-bond acceptors (Lipinski definition) is 5. The Morgan fingerprint density at radius 3 is 2.36 bits per heavy atom. The lowest BCUT2D eigenvalue weighted by molar-refractivity contribution is -0.119. The number of hydrogen-bond donors (Lipinski definition) is 2. The second-order valence-electron chi connectivity index (χ2n) is 9.02. The largest absolute Gasteiger partial charge is 0.339 e. The molecule has 2 N–H and O–H groups in total.